The molecule has 0 N–H and O–H groups in total. The fourth-order valence-electron chi connectivity index (χ4n) is 7.03. The minimum Gasteiger partial charge on any atom is -0.231 e. The third kappa shape index (κ3) is 9.81. The van der Waals surface area contributed by atoms with Gasteiger partial charge >= 0.3 is 68.0 Å². The summed E-state index contributed by atoms with van der Waals surface area (Å²) >= 11 is 0. The van der Waals surface area contributed by atoms with Crippen LogP contribution < -0.4 is 13.7 Å². The summed E-state index contributed by atoms with van der Waals surface area (Å²) in [6.07, 6.45) is -13.6. The molecule has 0 fully saturated rings. The molecule has 67 heavy (non-hydrogen) atoms. The first-order valence-electron chi connectivity index (χ1n) is 19.0. The molecule has 19 heteroatoms. The molecular weight excluding hydrogens is 1070 g/mol. The number of hydrogen-bond donors (Lipinski definition) is 0. The molecule has 3 aliphatic heterocycles. The van der Waals surface area contributed by atoms with Gasteiger partial charge in [-0.15, -0.1) is 18.2 Å². The molecule has 6 aromatic carbocycles. The van der Waals surface area contributed by atoms with E-state index < -0.39 is 35.2 Å². The zero-order chi connectivity index (χ0) is 47.7. The summed E-state index contributed by atoms with van der Waals surface area (Å²) in [6, 6.07) is 47.5. The molecule has 0 amide bonds. The van der Waals surface area contributed by atoms with Gasteiger partial charge in [0.15, 0.2) is 21.1 Å². The van der Waals surface area contributed by atoms with E-state index in [1.54, 1.807) is 93.9 Å². The van der Waals surface area contributed by atoms with Crippen molar-refractivity contribution in [1.82, 2.24) is 13.7 Å². The first-order valence-corrected chi connectivity index (χ1v) is 19.0. The van der Waals surface area contributed by atoms with Crippen molar-refractivity contribution in [1.29, 1.82) is 10.5 Å². The van der Waals surface area contributed by atoms with Gasteiger partial charge in [-0.1, -0.05) is 45.7 Å². The number of hydrogen-bond acceptors (Lipinski definition) is 2. The normalized spacial score (nSPS) is 13.0. The van der Waals surface area contributed by atoms with Crippen LogP contribution in [0.15, 0.2) is 109 Å². The average molecular weight is 1090 g/mol. The molecule has 9 nitrogen and oxygen atoms in total. The maximum absolute atomic E-state index is 13.0. The van der Waals surface area contributed by atoms with Crippen LogP contribution in [0.3, 0.4) is 0 Å². The summed E-state index contributed by atoms with van der Waals surface area (Å²) < 4.78 is 126. The van der Waals surface area contributed by atoms with E-state index in [1.807, 2.05) is 12.1 Å². The van der Waals surface area contributed by atoms with Gasteiger partial charge in [-0.3, -0.25) is 0 Å². The molecule has 3 heterocycles. The molecule has 0 radical (unpaired) electrons. The van der Waals surface area contributed by atoms with Gasteiger partial charge in [0.25, 0.3) is 28.4 Å². The second kappa shape index (κ2) is 18.8. The zero-order valence-corrected chi connectivity index (χ0v) is 37.0. The Morgan fingerprint density at radius 3 is 1.10 bits per heavy atom. The van der Waals surface area contributed by atoms with Crippen molar-refractivity contribution in [2.24, 2.45) is 0 Å². The molecule has 9 rings (SSSR count). The molecule has 0 unspecified atom stereocenters. The first kappa shape index (κ1) is 48.4. The van der Waals surface area contributed by atoms with E-state index in [-0.39, 0.29) is 54.0 Å². The Labute approximate surface area is 389 Å². The number of nitriles is 2. The molecule has 0 saturated heterocycles. The number of halogens is 9. The van der Waals surface area contributed by atoms with Gasteiger partial charge in [-0.25, -0.2) is 4.85 Å². The van der Waals surface area contributed by atoms with Gasteiger partial charge in [-0.05, 0) is 18.2 Å². The van der Waals surface area contributed by atoms with Crippen molar-refractivity contribution in [3.63, 3.8) is 0 Å². The van der Waals surface area contributed by atoms with Crippen molar-refractivity contribution in [2.45, 2.75) is 18.5 Å². The van der Waals surface area contributed by atoms with Crippen molar-refractivity contribution in [3.05, 3.63) is 167 Å². The van der Waals surface area contributed by atoms with Crippen LogP contribution >= 0.6 is 0 Å². The SMILES string of the molecule is C[N+]1=C=[N+](c2[c-]cccc2)c2cc(C(F)(F)F)cc(C#N)c21.C[N+]1=C=[N+](c2[c-]cccc2)c2cc(C(F)(F)F)cc(C#N)c21.[C-]#[N+]c1cc(C(F)(F)F)cc2c1[N+](C)=C=[N+]2c1[c-]cccc1.[Ir+3]. The molecule has 0 saturated carbocycles. The van der Waals surface area contributed by atoms with E-state index >= 15 is 0 Å². The van der Waals surface area contributed by atoms with Crippen LogP contribution in [0.25, 0.3) is 4.85 Å². The van der Waals surface area contributed by atoms with Crippen molar-refractivity contribution in [2.75, 3.05) is 21.1 Å². The summed E-state index contributed by atoms with van der Waals surface area (Å²) in [6.45, 7) is 7.15. The maximum atomic E-state index is 13.0. The summed E-state index contributed by atoms with van der Waals surface area (Å²) in [5.74, 6) is 0. The molecule has 0 aliphatic carbocycles. The molecule has 330 valence electrons. The second-order valence-corrected chi connectivity index (χ2v) is 14.2. The fourth-order valence-corrected chi connectivity index (χ4v) is 7.03. The standard InChI is InChI=1S/3C16H9F3N3.Ir/c1-20-13-8-11(16(17,18)19)9-14-15(13)21(2)10-22(14)12-6-4-3-5-7-12;2*1-21-10-22(13-5-3-2-4-6-13)14-8-12(16(17,18)19)7-11(9-20)15(14)21;/h3-6,8-9H,2H3;2*2-5,7-8H,1H3;/q3*+1;+3. The number of fused-ring (bicyclic) bond motifs is 3. The Kier molecular flexibility index (Phi) is 13.6. The third-order valence-corrected chi connectivity index (χ3v) is 9.87. The average Bonchev–Trinajstić information content (AvgIpc) is 3.95. The number of rotatable bonds is 3. The van der Waals surface area contributed by atoms with Gasteiger partial charge in [0.2, 0.25) is 0 Å². The molecular formula is C48H27F9IrN9+6. The van der Waals surface area contributed by atoms with E-state index in [4.69, 9.17) is 17.1 Å². The largest absolute Gasteiger partial charge is 3.00 e. The molecule has 3 aliphatic rings. The van der Waals surface area contributed by atoms with Gasteiger partial charge in [0.1, 0.15) is 40.3 Å². The summed E-state index contributed by atoms with van der Waals surface area (Å²) in [7, 11) is 4.91. The molecule has 0 atom stereocenters. The van der Waals surface area contributed by atoms with Gasteiger partial charge in [0, 0.05) is 18.2 Å². The van der Waals surface area contributed by atoms with E-state index in [2.05, 4.69) is 41.1 Å². The van der Waals surface area contributed by atoms with Crippen LogP contribution in [0.2, 0.25) is 0 Å². The predicted molar refractivity (Wildman–Crippen MR) is 223 cm³/mol. The minimum absolute atomic E-state index is 0. The Morgan fingerprint density at radius 1 is 0.507 bits per heavy atom. The second-order valence-electron chi connectivity index (χ2n) is 14.2. The van der Waals surface area contributed by atoms with E-state index in [1.165, 1.54) is 27.5 Å². The van der Waals surface area contributed by atoms with Gasteiger partial charge in [0.05, 0.1) is 23.3 Å². The van der Waals surface area contributed by atoms with Crippen LogP contribution in [-0.2, 0) is 38.6 Å². The number of para-hydroxylation sites is 3. The summed E-state index contributed by atoms with van der Waals surface area (Å²) in [5, 5.41) is 18.3. The Hall–Kier alpha value is -8.05. The quantitative estimate of drug-likeness (QED) is 0.101. The monoisotopic (exact) mass is 1090 g/mol. The Balaban J connectivity index is 0.000000165. The van der Waals surface area contributed by atoms with Crippen LogP contribution in [0.5, 0.6) is 0 Å². The zero-order valence-electron chi connectivity index (χ0n) is 34.7. The van der Waals surface area contributed by atoms with Crippen LogP contribution in [0.4, 0.5) is 96.4 Å². The third-order valence-electron chi connectivity index (χ3n) is 9.87. The van der Waals surface area contributed by atoms with E-state index in [0.717, 1.165) is 36.4 Å². The van der Waals surface area contributed by atoms with E-state index in [0.29, 0.717) is 34.1 Å². The Bertz CT molecular complexity index is 2970. The van der Waals surface area contributed by atoms with Crippen molar-refractivity contribution in [3.8, 4) is 12.1 Å². The van der Waals surface area contributed by atoms with Crippen LogP contribution in [-0.4, -0.2) is 52.9 Å². The number of benzene rings is 6. The molecule has 0 spiro atoms. The summed E-state index contributed by atoms with van der Waals surface area (Å²) in [5.41, 5.74) is 0.932. The van der Waals surface area contributed by atoms with Gasteiger partial charge in [-0.2, -0.15) is 105 Å². The first-order chi connectivity index (χ1) is 31.2. The van der Waals surface area contributed by atoms with E-state index in [9.17, 15) is 39.5 Å². The van der Waals surface area contributed by atoms with Crippen LogP contribution in [0, 0.1) is 47.4 Å². The van der Waals surface area contributed by atoms with Crippen molar-refractivity contribution < 1.29 is 73.3 Å². The molecule has 0 bridgehead atoms. The topological polar surface area (TPSA) is 70.0 Å². The number of nitrogens with zero attached hydrogens (tertiary/aromatic N) is 9. The maximum Gasteiger partial charge on any atom is 3.00 e. The smallest absolute Gasteiger partial charge is 0.231 e. The summed E-state index contributed by atoms with van der Waals surface area (Å²) in [4.78, 5) is 3.23. The molecule has 0 aromatic heterocycles. The van der Waals surface area contributed by atoms with Gasteiger partial charge < -0.3 is 0 Å². The Morgan fingerprint density at radius 2 is 0.821 bits per heavy atom. The van der Waals surface area contributed by atoms with Crippen LogP contribution in [0.1, 0.15) is 27.8 Å². The van der Waals surface area contributed by atoms with Crippen molar-refractivity contribution >= 4 is 74.9 Å². The minimum atomic E-state index is -4.52. The fraction of sp³-hybridized carbons (Fsp3) is 0.125. The number of alkyl halides is 9. The molecule has 6 aromatic rings. The predicted octanol–water partition coefficient (Wildman–Crippen LogP) is 11.7.